The van der Waals surface area contributed by atoms with Crippen molar-refractivity contribution in [3.63, 3.8) is 0 Å². The van der Waals surface area contributed by atoms with E-state index in [9.17, 15) is 9.90 Å². The van der Waals surface area contributed by atoms with Crippen LogP contribution in [0.1, 0.15) is 36.3 Å². The van der Waals surface area contributed by atoms with E-state index in [4.69, 9.17) is 9.47 Å². The van der Waals surface area contributed by atoms with Gasteiger partial charge in [-0.1, -0.05) is 48.5 Å². The highest BCUT2D eigenvalue weighted by molar-refractivity contribution is 5.79. The minimum Gasteiger partial charge on any atom is -0.448 e. The van der Waals surface area contributed by atoms with Gasteiger partial charge < -0.3 is 19.5 Å². The first-order chi connectivity index (χ1) is 14.2. The summed E-state index contributed by atoms with van der Waals surface area (Å²) < 4.78 is 11.2. The van der Waals surface area contributed by atoms with Crippen molar-refractivity contribution in [3.8, 4) is 11.1 Å². The summed E-state index contributed by atoms with van der Waals surface area (Å²) in [5.41, 5.74) is 4.20. The third-order valence-electron chi connectivity index (χ3n) is 6.88. The quantitative estimate of drug-likeness (QED) is 0.862. The van der Waals surface area contributed by atoms with Crippen molar-refractivity contribution in [1.82, 2.24) is 4.90 Å². The number of amides is 1. The summed E-state index contributed by atoms with van der Waals surface area (Å²) in [6.07, 6.45) is 2.04. The largest absolute Gasteiger partial charge is 0.448 e. The van der Waals surface area contributed by atoms with E-state index in [1.54, 1.807) is 4.90 Å². The number of piperidine rings is 1. The number of rotatable bonds is 3. The molecule has 0 spiro atoms. The van der Waals surface area contributed by atoms with Crippen molar-refractivity contribution in [2.45, 2.75) is 30.8 Å². The minimum absolute atomic E-state index is 0.0836. The van der Waals surface area contributed by atoms with E-state index in [1.165, 1.54) is 22.3 Å². The molecule has 0 saturated carbocycles. The van der Waals surface area contributed by atoms with Crippen molar-refractivity contribution in [1.29, 1.82) is 0 Å². The van der Waals surface area contributed by atoms with Gasteiger partial charge in [0.05, 0.1) is 12.2 Å². The van der Waals surface area contributed by atoms with Gasteiger partial charge in [0.25, 0.3) is 0 Å². The van der Waals surface area contributed by atoms with Gasteiger partial charge in [-0.2, -0.15) is 0 Å². The molecule has 29 heavy (non-hydrogen) atoms. The molecule has 2 aromatic rings. The van der Waals surface area contributed by atoms with Crippen LogP contribution in [0.3, 0.4) is 0 Å². The first-order valence-electron chi connectivity index (χ1n) is 10.6. The summed E-state index contributed by atoms with van der Waals surface area (Å²) in [7, 11) is 0. The van der Waals surface area contributed by atoms with E-state index in [2.05, 4.69) is 36.4 Å². The molecular weight excluding hydrogens is 366 g/mol. The van der Waals surface area contributed by atoms with Gasteiger partial charge in [0.15, 0.2) is 0 Å². The molecule has 2 heterocycles. The van der Waals surface area contributed by atoms with Gasteiger partial charge in [0.1, 0.15) is 6.61 Å². The van der Waals surface area contributed by atoms with Crippen molar-refractivity contribution < 1.29 is 19.4 Å². The summed E-state index contributed by atoms with van der Waals surface area (Å²) in [4.78, 5) is 14.5. The second kappa shape index (κ2) is 7.47. The lowest BCUT2D eigenvalue weighted by Gasteiger charge is -2.38. The van der Waals surface area contributed by atoms with E-state index < -0.39 is 5.60 Å². The van der Waals surface area contributed by atoms with Gasteiger partial charge in [-0.15, -0.1) is 0 Å². The molecule has 3 aliphatic rings. The van der Waals surface area contributed by atoms with Crippen LogP contribution in [-0.4, -0.2) is 54.6 Å². The van der Waals surface area contributed by atoms with E-state index in [0.29, 0.717) is 39.3 Å². The lowest BCUT2D eigenvalue weighted by molar-refractivity contribution is -0.0461. The average molecular weight is 393 g/mol. The smallest absolute Gasteiger partial charge is 0.409 e. The van der Waals surface area contributed by atoms with Crippen LogP contribution in [0.4, 0.5) is 4.79 Å². The average Bonchev–Trinajstić information content (AvgIpc) is 3.35. The predicted octanol–water partition coefficient (Wildman–Crippen LogP) is 3.80. The van der Waals surface area contributed by atoms with Crippen LogP contribution in [0.25, 0.3) is 11.1 Å². The van der Waals surface area contributed by atoms with Crippen LogP contribution in [0.5, 0.6) is 0 Å². The Kier molecular flexibility index (Phi) is 4.80. The van der Waals surface area contributed by atoms with Crippen molar-refractivity contribution in [3.05, 3.63) is 59.7 Å². The zero-order valence-corrected chi connectivity index (χ0v) is 16.5. The topological polar surface area (TPSA) is 59.0 Å². The number of carbonyl (C=O) groups excluding carboxylic acids is 1. The van der Waals surface area contributed by atoms with Crippen LogP contribution in [0, 0.1) is 5.92 Å². The summed E-state index contributed by atoms with van der Waals surface area (Å²) in [5.74, 6) is 0.280. The highest BCUT2D eigenvalue weighted by Crippen LogP contribution is 2.44. The van der Waals surface area contributed by atoms with Crippen LogP contribution >= 0.6 is 0 Å². The van der Waals surface area contributed by atoms with E-state index in [1.807, 2.05) is 12.1 Å². The molecule has 1 amide bonds. The molecule has 5 heteroatoms. The van der Waals surface area contributed by atoms with Gasteiger partial charge in [-0.3, -0.25) is 0 Å². The zero-order chi connectivity index (χ0) is 19.8. The number of hydrogen-bond acceptors (Lipinski definition) is 4. The first-order valence-corrected chi connectivity index (χ1v) is 10.6. The van der Waals surface area contributed by atoms with E-state index in [0.717, 1.165) is 12.8 Å². The number of likely N-dealkylation sites (tertiary alicyclic amines) is 1. The third-order valence-corrected chi connectivity index (χ3v) is 6.88. The molecule has 0 aromatic heterocycles. The Labute approximate surface area is 171 Å². The maximum absolute atomic E-state index is 12.7. The highest BCUT2D eigenvalue weighted by Gasteiger charge is 2.42. The highest BCUT2D eigenvalue weighted by atomic mass is 16.6. The Morgan fingerprint density at radius 3 is 2.28 bits per heavy atom. The minimum atomic E-state index is -0.715. The van der Waals surface area contributed by atoms with E-state index >= 15 is 0 Å². The fourth-order valence-corrected chi connectivity index (χ4v) is 5.18. The second-order valence-electron chi connectivity index (χ2n) is 8.47. The molecule has 1 aliphatic carbocycles. The maximum atomic E-state index is 12.7. The van der Waals surface area contributed by atoms with Gasteiger partial charge >= 0.3 is 6.09 Å². The lowest BCUT2D eigenvalue weighted by Crippen LogP contribution is -2.47. The van der Waals surface area contributed by atoms with Crippen LogP contribution in [0.2, 0.25) is 0 Å². The van der Waals surface area contributed by atoms with Crippen molar-refractivity contribution in [2.75, 3.05) is 32.9 Å². The fourth-order valence-electron chi connectivity index (χ4n) is 5.18. The molecule has 5 nitrogen and oxygen atoms in total. The maximum Gasteiger partial charge on any atom is 0.409 e. The van der Waals surface area contributed by atoms with Crippen LogP contribution in [0.15, 0.2) is 48.5 Å². The predicted molar refractivity (Wildman–Crippen MR) is 110 cm³/mol. The van der Waals surface area contributed by atoms with Gasteiger partial charge in [0.2, 0.25) is 0 Å². The van der Waals surface area contributed by atoms with Gasteiger partial charge in [0, 0.05) is 32.0 Å². The Bertz CT molecular complexity index is 852. The molecule has 0 bridgehead atoms. The number of aliphatic hydroxyl groups is 1. The number of carbonyl (C=O) groups is 1. The summed E-state index contributed by atoms with van der Waals surface area (Å²) in [5, 5.41) is 10.7. The van der Waals surface area contributed by atoms with Crippen LogP contribution in [-0.2, 0) is 9.47 Å². The molecule has 2 aromatic carbocycles. The number of nitrogens with zero attached hydrogens (tertiary/aromatic N) is 1. The molecule has 152 valence electrons. The number of benzene rings is 2. The Hall–Kier alpha value is -2.37. The number of ether oxygens (including phenoxy) is 2. The standard InChI is InChI=1S/C24H27NO4/c26-23(25-12-9-17(10-13-25)24(27)11-14-28-16-24)29-15-22-20-7-3-1-5-18(20)19-6-2-4-8-21(19)22/h1-8,17,22,27H,9-16H2. The molecule has 2 aliphatic heterocycles. The Morgan fingerprint density at radius 2 is 1.69 bits per heavy atom. The van der Waals surface area contributed by atoms with Crippen molar-refractivity contribution in [2.24, 2.45) is 5.92 Å². The molecule has 0 radical (unpaired) electrons. The molecule has 2 saturated heterocycles. The summed E-state index contributed by atoms with van der Waals surface area (Å²) >= 11 is 0. The lowest BCUT2D eigenvalue weighted by atomic mass is 9.80. The molecule has 1 N–H and O–H groups in total. The Morgan fingerprint density at radius 1 is 1.07 bits per heavy atom. The number of hydrogen-bond donors (Lipinski definition) is 1. The summed E-state index contributed by atoms with van der Waals surface area (Å²) in [6.45, 7) is 2.66. The molecule has 5 rings (SSSR count). The molecule has 1 unspecified atom stereocenters. The molecule has 2 fully saturated rings. The monoisotopic (exact) mass is 393 g/mol. The van der Waals surface area contributed by atoms with Gasteiger partial charge in [-0.05, 0) is 41.0 Å². The molecular formula is C24H27NO4. The second-order valence-corrected chi connectivity index (χ2v) is 8.47. The zero-order valence-electron chi connectivity index (χ0n) is 16.5. The SMILES string of the molecule is O=C(OCC1c2ccccc2-c2ccccc21)N1CCC(C2(O)CCOC2)CC1. The fraction of sp³-hybridized carbons (Fsp3) is 0.458. The van der Waals surface area contributed by atoms with E-state index in [-0.39, 0.29) is 17.9 Å². The first kappa shape index (κ1) is 18.6. The number of fused-ring (bicyclic) bond motifs is 3. The molecule has 1 atom stereocenters. The van der Waals surface area contributed by atoms with Crippen LogP contribution < -0.4 is 0 Å². The van der Waals surface area contributed by atoms with Crippen molar-refractivity contribution >= 4 is 6.09 Å². The third kappa shape index (κ3) is 3.32. The normalized spacial score (nSPS) is 24.4. The summed E-state index contributed by atoms with van der Waals surface area (Å²) in [6, 6.07) is 16.7. The Balaban J connectivity index is 1.22. The van der Waals surface area contributed by atoms with Gasteiger partial charge in [-0.25, -0.2) is 4.79 Å².